The summed E-state index contributed by atoms with van der Waals surface area (Å²) in [5, 5.41) is 0.672. The van der Waals surface area contributed by atoms with Gasteiger partial charge >= 0.3 is 5.97 Å². The number of benzene rings is 2. The Labute approximate surface area is 146 Å². The molecule has 0 aromatic heterocycles. The molecule has 0 aliphatic carbocycles. The van der Waals surface area contributed by atoms with Crippen molar-refractivity contribution in [2.24, 2.45) is 0 Å². The third kappa shape index (κ3) is 3.52. The smallest absolute Gasteiger partial charge is 0.336 e. The van der Waals surface area contributed by atoms with Crippen LogP contribution < -0.4 is 4.90 Å². The van der Waals surface area contributed by atoms with E-state index in [4.69, 9.17) is 16.3 Å². The Morgan fingerprint density at radius 3 is 2.50 bits per heavy atom. The van der Waals surface area contributed by atoms with Gasteiger partial charge < -0.3 is 9.64 Å². The van der Waals surface area contributed by atoms with E-state index < -0.39 is 0 Å². The maximum absolute atomic E-state index is 12.4. The minimum Gasteiger partial charge on any atom is -0.463 e. The zero-order chi connectivity index (χ0) is 16.9. The molecule has 3 nitrogen and oxygen atoms in total. The van der Waals surface area contributed by atoms with E-state index in [2.05, 4.69) is 0 Å². The molecule has 0 bridgehead atoms. The van der Waals surface area contributed by atoms with Gasteiger partial charge in [0.05, 0.1) is 12.2 Å². The lowest BCUT2D eigenvalue weighted by molar-refractivity contribution is -0.138. The molecule has 0 fully saturated rings. The van der Waals surface area contributed by atoms with Crippen molar-refractivity contribution in [3.05, 3.63) is 89.2 Å². The highest BCUT2D eigenvalue weighted by atomic mass is 35.5. The molecule has 1 aliphatic heterocycles. The third-order valence-electron chi connectivity index (χ3n) is 3.85. The number of ether oxygens (including phenoxy) is 1. The van der Waals surface area contributed by atoms with E-state index in [1.165, 1.54) is 0 Å². The monoisotopic (exact) mass is 339 g/mol. The molecule has 0 spiro atoms. The molecule has 0 N–H and O–H groups in total. The molecular formula is C20H18ClNO2. The second kappa shape index (κ2) is 7.37. The summed E-state index contributed by atoms with van der Waals surface area (Å²) in [4.78, 5) is 14.4. The topological polar surface area (TPSA) is 29.5 Å². The first-order valence-electron chi connectivity index (χ1n) is 7.85. The van der Waals surface area contributed by atoms with Crippen LogP contribution in [0.3, 0.4) is 0 Å². The number of halogens is 1. The minimum absolute atomic E-state index is 0.152. The maximum Gasteiger partial charge on any atom is 0.336 e. The van der Waals surface area contributed by atoms with E-state index in [0.717, 1.165) is 11.3 Å². The highest BCUT2D eigenvalue weighted by Crippen LogP contribution is 2.33. The molecule has 1 heterocycles. The summed E-state index contributed by atoms with van der Waals surface area (Å²) in [5.74, 6) is -0.455. The van der Waals surface area contributed by atoms with E-state index in [9.17, 15) is 4.79 Å². The van der Waals surface area contributed by atoms with Gasteiger partial charge in [0.1, 0.15) is 0 Å². The van der Waals surface area contributed by atoms with E-state index in [1.54, 1.807) is 0 Å². The van der Waals surface area contributed by atoms with Gasteiger partial charge in [-0.15, -0.1) is 0 Å². The van der Waals surface area contributed by atoms with Crippen molar-refractivity contribution in [3.8, 4) is 0 Å². The Kier molecular flexibility index (Phi) is 5.02. The standard InChI is InChI=1S/C20H18ClNO2/c1-2-24-20(23)19-14-22(17-6-4-3-5-7-17)13-12-18(19)15-8-10-16(21)11-9-15/h3-14,18H,2H2,1H3. The number of para-hydroxylation sites is 1. The van der Waals surface area contributed by atoms with Crippen LogP contribution in [0, 0.1) is 0 Å². The van der Waals surface area contributed by atoms with Gasteiger partial charge in [0.2, 0.25) is 0 Å². The average Bonchev–Trinajstić information content (AvgIpc) is 2.63. The highest BCUT2D eigenvalue weighted by Gasteiger charge is 2.26. The predicted octanol–water partition coefficient (Wildman–Crippen LogP) is 4.90. The quantitative estimate of drug-likeness (QED) is 0.742. The Hall–Kier alpha value is -2.52. The van der Waals surface area contributed by atoms with Crippen molar-refractivity contribution in [1.29, 1.82) is 0 Å². The number of esters is 1. The van der Waals surface area contributed by atoms with E-state index >= 15 is 0 Å². The lowest BCUT2D eigenvalue weighted by atomic mass is 9.90. The lowest BCUT2D eigenvalue weighted by Gasteiger charge is -2.26. The predicted molar refractivity (Wildman–Crippen MR) is 97.0 cm³/mol. The molecule has 0 amide bonds. The van der Waals surface area contributed by atoms with Crippen LogP contribution in [-0.2, 0) is 9.53 Å². The maximum atomic E-state index is 12.4. The average molecular weight is 340 g/mol. The van der Waals surface area contributed by atoms with Gasteiger partial charge in [0.15, 0.2) is 0 Å². The molecule has 24 heavy (non-hydrogen) atoms. The highest BCUT2D eigenvalue weighted by molar-refractivity contribution is 6.30. The van der Waals surface area contributed by atoms with Gasteiger partial charge in [-0.05, 0) is 36.8 Å². The SMILES string of the molecule is CCOC(=O)C1=CN(c2ccccc2)C=CC1c1ccc(Cl)cc1. The molecule has 122 valence electrons. The van der Waals surface area contributed by atoms with Crippen LogP contribution >= 0.6 is 11.6 Å². The number of hydrogen-bond acceptors (Lipinski definition) is 3. The van der Waals surface area contributed by atoms with Gasteiger partial charge in [-0.25, -0.2) is 4.79 Å². The number of anilines is 1. The minimum atomic E-state index is -0.303. The number of carbonyl (C=O) groups is 1. The summed E-state index contributed by atoms with van der Waals surface area (Å²) in [6, 6.07) is 17.4. The fourth-order valence-corrected chi connectivity index (χ4v) is 2.80. The molecule has 2 aromatic carbocycles. The summed E-state index contributed by atoms with van der Waals surface area (Å²) >= 11 is 5.97. The number of rotatable bonds is 4. The summed E-state index contributed by atoms with van der Waals surface area (Å²) in [7, 11) is 0. The van der Waals surface area contributed by atoms with Crippen LogP contribution in [0.1, 0.15) is 18.4 Å². The van der Waals surface area contributed by atoms with Crippen molar-refractivity contribution in [1.82, 2.24) is 0 Å². The molecule has 4 heteroatoms. The van der Waals surface area contributed by atoms with Gasteiger partial charge in [-0.2, -0.15) is 0 Å². The van der Waals surface area contributed by atoms with E-state index in [-0.39, 0.29) is 11.9 Å². The molecule has 3 rings (SSSR count). The second-order valence-electron chi connectivity index (χ2n) is 5.42. The van der Waals surface area contributed by atoms with Crippen LogP contribution in [0.4, 0.5) is 5.69 Å². The first kappa shape index (κ1) is 16.3. The van der Waals surface area contributed by atoms with Gasteiger partial charge in [0.25, 0.3) is 0 Å². The number of nitrogens with zero attached hydrogens (tertiary/aromatic N) is 1. The fourth-order valence-electron chi connectivity index (χ4n) is 2.67. The molecule has 1 aliphatic rings. The van der Waals surface area contributed by atoms with Gasteiger partial charge in [0, 0.05) is 29.0 Å². The van der Waals surface area contributed by atoms with Crippen molar-refractivity contribution < 1.29 is 9.53 Å². The summed E-state index contributed by atoms with van der Waals surface area (Å²) in [6.07, 6.45) is 5.81. The van der Waals surface area contributed by atoms with Crippen LogP contribution in [-0.4, -0.2) is 12.6 Å². The molecule has 0 saturated carbocycles. The van der Waals surface area contributed by atoms with Crippen molar-refractivity contribution in [3.63, 3.8) is 0 Å². The molecule has 2 aromatic rings. The largest absolute Gasteiger partial charge is 0.463 e. The molecule has 1 atom stereocenters. The van der Waals surface area contributed by atoms with Crippen LogP contribution in [0.2, 0.25) is 5.02 Å². The normalized spacial score (nSPS) is 16.7. The number of allylic oxidation sites excluding steroid dienone is 1. The van der Waals surface area contributed by atoms with E-state index in [0.29, 0.717) is 17.2 Å². The number of carbonyl (C=O) groups excluding carboxylic acids is 1. The fraction of sp³-hybridized carbons (Fsp3) is 0.150. The van der Waals surface area contributed by atoms with Crippen molar-refractivity contribution in [2.75, 3.05) is 11.5 Å². The van der Waals surface area contributed by atoms with E-state index in [1.807, 2.05) is 84.9 Å². The lowest BCUT2D eigenvalue weighted by Crippen LogP contribution is -2.22. The Bertz CT molecular complexity index is 766. The van der Waals surface area contributed by atoms with Crippen LogP contribution in [0.15, 0.2) is 78.6 Å². The first-order valence-corrected chi connectivity index (χ1v) is 8.23. The zero-order valence-corrected chi connectivity index (χ0v) is 14.1. The second-order valence-corrected chi connectivity index (χ2v) is 5.85. The Morgan fingerprint density at radius 1 is 1.12 bits per heavy atom. The summed E-state index contributed by atoms with van der Waals surface area (Å²) in [5.41, 5.74) is 2.60. The summed E-state index contributed by atoms with van der Waals surface area (Å²) in [6.45, 7) is 2.15. The van der Waals surface area contributed by atoms with Crippen molar-refractivity contribution in [2.45, 2.75) is 12.8 Å². The third-order valence-corrected chi connectivity index (χ3v) is 4.10. The van der Waals surface area contributed by atoms with Crippen LogP contribution in [0.5, 0.6) is 0 Å². The Morgan fingerprint density at radius 2 is 1.83 bits per heavy atom. The first-order chi connectivity index (χ1) is 11.7. The number of hydrogen-bond donors (Lipinski definition) is 0. The van der Waals surface area contributed by atoms with Crippen LogP contribution in [0.25, 0.3) is 0 Å². The molecular weight excluding hydrogens is 322 g/mol. The van der Waals surface area contributed by atoms with Gasteiger partial charge in [-0.3, -0.25) is 0 Å². The molecule has 1 unspecified atom stereocenters. The van der Waals surface area contributed by atoms with Crippen molar-refractivity contribution >= 4 is 23.3 Å². The summed E-state index contributed by atoms with van der Waals surface area (Å²) < 4.78 is 5.25. The zero-order valence-electron chi connectivity index (χ0n) is 13.4. The molecule has 0 radical (unpaired) electrons. The van der Waals surface area contributed by atoms with Gasteiger partial charge in [-0.1, -0.05) is 48.0 Å². The molecule has 0 saturated heterocycles. The Balaban J connectivity index is 1.96.